The molecule has 7 nitrogen and oxygen atoms in total. The van der Waals surface area contributed by atoms with Gasteiger partial charge in [0.1, 0.15) is 6.61 Å². The van der Waals surface area contributed by atoms with E-state index in [2.05, 4.69) is 22.1 Å². The lowest BCUT2D eigenvalue weighted by atomic mass is 10.1. The smallest absolute Gasteiger partial charge is 0.253 e. The van der Waals surface area contributed by atoms with Crippen molar-refractivity contribution in [1.29, 1.82) is 0 Å². The van der Waals surface area contributed by atoms with Crippen LogP contribution >= 0.6 is 0 Å². The summed E-state index contributed by atoms with van der Waals surface area (Å²) in [5.41, 5.74) is 1.54. The van der Waals surface area contributed by atoms with Gasteiger partial charge in [0.15, 0.2) is 11.6 Å². The van der Waals surface area contributed by atoms with Crippen LogP contribution in [0.25, 0.3) is 11.4 Å². The molecule has 0 aliphatic carbocycles. The highest BCUT2D eigenvalue weighted by Crippen LogP contribution is 2.19. The predicted octanol–water partition coefficient (Wildman–Crippen LogP) is 2.65. The van der Waals surface area contributed by atoms with Crippen LogP contribution in [0, 0.1) is 0 Å². The van der Waals surface area contributed by atoms with Crippen molar-refractivity contribution in [3.63, 3.8) is 0 Å². The predicted molar refractivity (Wildman–Crippen MR) is 97.7 cm³/mol. The number of carbonyl (C=O) groups excluding carboxylic acids is 1. The third-order valence-electron chi connectivity index (χ3n) is 4.43. The molecule has 0 radical (unpaired) electrons. The topological polar surface area (TPSA) is 80.3 Å². The Morgan fingerprint density at radius 3 is 2.88 bits per heavy atom. The van der Waals surface area contributed by atoms with Gasteiger partial charge in [-0.15, -0.1) is 0 Å². The average molecular weight is 358 g/mol. The van der Waals surface area contributed by atoms with E-state index in [0.29, 0.717) is 30.4 Å². The summed E-state index contributed by atoms with van der Waals surface area (Å²) in [6.07, 6.45) is 3.16. The zero-order valence-electron chi connectivity index (χ0n) is 15.4. The quantitative estimate of drug-likeness (QED) is 0.823. The first-order valence-corrected chi connectivity index (χ1v) is 9.12. The first-order chi connectivity index (χ1) is 12.7. The fraction of sp³-hybridized carbons (Fsp3) is 0.526. The molecular formula is C19H26N4O3. The second-order valence-electron chi connectivity index (χ2n) is 6.50. The zero-order valence-corrected chi connectivity index (χ0v) is 15.4. The average Bonchev–Trinajstić information content (AvgIpc) is 3.15. The van der Waals surface area contributed by atoms with Crippen LogP contribution < -0.4 is 0 Å². The minimum Gasteiger partial charge on any atom is -0.377 e. The van der Waals surface area contributed by atoms with Crippen LogP contribution in [0.15, 0.2) is 24.3 Å². The number of rotatable bonds is 7. The number of hydrogen-bond acceptors (Lipinski definition) is 5. The Hall–Kier alpha value is -2.25. The second-order valence-corrected chi connectivity index (χ2v) is 6.50. The number of aromatic nitrogens is 3. The molecule has 1 aliphatic heterocycles. The van der Waals surface area contributed by atoms with E-state index >= 15 is 0 Å². The van der Waals surface area contributed by atoms with Crippen LogP contribution in [0.5, 0.6) is 0 Å². The number of benzene rings is 1. The Balaban J connectivity index is 1.64. The van der Waals surface area contributed by atoms with Gasteiger partial charge in [0.2, 0.25) is 0 Å². The molecule has 1 aromatic carbocycles. The Morgan fingerprint density at radius 1 is 1.35 bits per heavy atom. The lowest BCUT2D eigenvalue weighted by molar-refractivity contribution is 0.00211. The number of H-pyrrole nitrogens is 1. The molecule has 3 rings (SSSR count). The third-order valence-corrected chi connectivity index (χ3v) is 4.43. The van der Waals surface area contributed by atoms with Gasteiger partial charge in [-0.1, -0.05) is 19.1 Å². The van der Waals surface area contributed by atoms with Crippen LogP contribution in [-0.2, 0) is 16.1 Å². The monoisotopic (exact) mass is 358 g/mol. The highest BCUT2D eigenvalue weighted by atomic mass is 16.5. The summed E-state index contributed by atoms with van der Waals surface area (Å²) >= 11 is 0. The normalized spacial score (nSPS) is 17.5. The summed E-state index contributed by atoms with van der Waals surface area (Å²) in [6, 6.07) is 7.42. The Bertz CT molecular complexity index is 714. The summed E-state index contributed by atoms with van der Waals surface area (Å²) in [6.45, 7) is 4.69. The molecule has 1 amide bonds. The largest absolute Gasteiger partial charge is 0.377 e. The molecule has 0 bridgehead atoms. The third kappa shape index (κ3) is 4.47. The van der Waals surface area contributed by atoms with Crippen molar-refractivity contribution >= 4 is 5.91 Å². The van der Waals surface area contributed by atoms with E-state index in [1.54, 1.807) is 7.11 Å². The van der Waals surface area contributed by atoms with Gasteiger partial charge in [-0.3, -0.25) is 9.89 Å². The summed E-state index contributed by atoms with van der Waals surface area (Å²) in [5.74, 6) is 1.33. The van der Waals surface area contributed by atoms with Crippen LogP contribution in [0.1, 0.15) is 42.4 Å². The van der Waals surface area contributed by atoms with E-state index < -0.39 is 0 Å². The van der Waals surface area contributed by atoms with E-state index in [0.717, 1.165) is 38.0 Å². The lowest BCUT2D eigenvalue weighted by Gasteiger charge is -2.32. The first-order valence-electron chi connectivity index (χ1n) is 9.12. The van der Waals surface area contributed by atoms with Gasteiger partial charge in [-0.25, -0.2) is 4.98 Å². The number of hydrogen-bond donors (Lipinski definition) is 1. The van der Waals surface area contributed by atoms with E-state index in [1.165, 1.54) is 0 Å². The first kappa shape index (κ1) is 18.5. The highest BCUT2D eigenvalue weighted by molar-refractivity contribution is 5.94. The minimum atomic E-state index is 0.0522. The number of carbonyl (C=O) groups is 1. The molecule has 1 aliphatic rings. The molecule has 140 valence electrons. The van der Waals surface area contributed by atoms with E-state index in [4.69, 9.17) is 9.47 Å². The molecule has 26 heavy (non-hydrogen) atoms. The lowest BCUT2D eigenvalue weighted by Crippen LogP contribution is -2.43. The van der Waals surface area contributed by atoms with Gasteiger partial charge in [0.25, 0.3) is 5.91 Å². The van der Waals surface area contributed by atoms with E-state index in [-0.39, 0.29) is 12.0 Å². The molecule has 2 aromatic rings. The Kier molecular flexibility index (Phi) is 6.35. The van der Waals surface area contributed by atoms with Crippen molar-refractivity contribution in [2.45, 2.75) is 38.9 Å². The number of amides is 1. The van der Waals surface area contributed by atoms with Gasteiger partial charge in [0.05, 0.1) is 6.10 Å². The van der Waals surface area contributed by atoms with Gasteiger partial charge >= 0.3 is 0 Å². The standard InChI is InChI=1S/C19H26N4O3/c1-3-11-26-16-5-4-10-23(12-16)19(24)15-8-6-14(7-9-15)18-20-17(13-25-2)21-22-18/h6-9,16H,3-5,10-13H2,1-2H3,(H,20,21,22)/t16-/m1/s1. The number of methoxy groups -OCH3 is 1. The molecule has 1 aromatic heterocycles. The van der Waals surface area contributed by atoms with Crippen molar-refractivity contribution in [3.05, 3.63) is 35.7 Å². The van der Waals surface area contributed by atoms with E-state index in [9.17, 15) is 4.79 Å². The van der Waals surface area contributed by atoms with Crippen molar-refractivity contribution in [3.8, 4) is 11.4 Å². The number of piperidine rings is 1. The number of ether oxygens (including phenoxy) is 2. The number of nitrogens with one attached hydrogen (secondary N) is 1. The maximum Gasteiger partial charge on any atom is 0.253 e. The highest BCUT2D eigenvalue weighted by Gasteiger charge is 2.24. The summed E-state index contributed by atoms with van der Waals surface area (Å²) in [5, 5.41) is 7.02. The number of aromatic amines is 1. The number of likely N-dealkylation sites (tertiary alicyclic amines) is 1. The molecule has 1 fully saturated rings. The maximum absolute atomic E-state index is 12.8. The molecule has 1 atom stereocenters. The summed E-state index contributed by atoms with van der Waals surface area (Å²) < 4.78 is 10.9. The van der Waals surface area contributed by atoms with Crippen LogP contribution in [0.3, 0.4) is 0 Å². The summed E-state index contributed by atoms with van der Waals surface area (Å²) in [7, 11) is 1.61. The van der Waals surface area contributed by atoms with E-state index in [1.807, 2.05) is 29.2 Å². The Labute approximate surface area is 153 Å². The van der Waals surface area contributed by atoms with Gasteiger partial charge in [-0.05, 0) is 31.4 Å². The fourth-order valence-electron chi connectivity index (χ4n) is 3.11. The van der Waals surface area contributed by atoms with Crippen molar-refractivity contribution in [2.24, 2.45) is 0 Å². The second kappa shape index (κ2) is 8.91. The molecule has 7 heteroatoms. The molecule has 2 heterocycles. The molecule has 0 unspecified atom stereocenters. The zero-order chi connectivity index (χ0) is 18.4. The van der Waals surface area contributed by atoms with Gasteiger partial charge in [0, 0.05) is 37.9 Å². The molecule has 1 N–H and O–H groups in total. The number of nitrogens with zero attached hydrogens (tertiary/aromatic N) is 3. The van der Waals surface area contributed by atoms with Crippen LogP contribution in [0.2, 0.25) is 0 Å². The van der Waals surface area contributed by atoms with Crippen molar-refractivity contribution in [2.75, 3.05) is 26.8 Å². The van der Waals surface area contributed by atoms with Gasteiger partial charge in [-0.2, -0.15) is 5.10 Å². The SMILES string of the molecule is CCCO[C@@H]1CCCN(C(=O)c2ccc(-c3n[nH]c(COC)n3)cc2)C1. The van der Waals surface area contributed by atoms with Crippen molar-refractivity contribution in [1.82, 2.24) is 20.1 Å². The van der Waals surface area contributed by atoms with Crippen LogP contribution in [0.4, 0.5) is 0 Å². The molecule has 0 saturated carbocycles. The molecule has 1 saturated heterocycles. The maximum atomic E-state index is 12.8. The minimum absolute atomic E-state index is 0.0522. The fourth-order valence-corrected chi connectivity index (χ4v) is 3.11. The van der Waals surface area contributed by atoms with Gasteiger partial charge < -0.3 is 14.4 Å². The Morgan fingerprint density at radius 2 is 2.15 bits per heavy atom. The van der Waals surface area contributed by atoms with Crippen LogP contribution in [-0.4, -0.2) is 58.9 Å². The van der Waals surface area contributed by atoms with Crippen molar-refractivity contribution < 1.29 is 14.3 Å². The molecular weight excluding hydrogens is 332 g/mol. The molecule has 0 spiro atoms. The summed E-state index contributed by atoms with van der Waals surface area (Å²) in [4.78, 5) is 19.0.